The maximum absolute atomic E-state index is 13.0. The van der Waals surface area contributed by atoms with E-state index in [0.717, 1.165) is 71.6 Å². The van der Waals surface area contributed by atoms with E-state index in [1.54, 1.807) is 0 Å². The summed E-state index contributed by atoms with van der Waals surface area (Å²) < 4.78 is 23.7. The fourth-order valence-corrected chi connectivity index (χ4v) is 4.33. The van der Waals surface area contributed by atoms with E-state index in [1.165, 1.54) is 12.7 Å². The van der Waals surface area contributed by atoms with Gasteiger partial charge in [0.15, 0.2) is 6.10 Å². The number of benzene rings is 2. The van der Waals surface area contributed by atoms with Crippen LogP contribution in [0.3, 0.4) is 0 Å². The minimum Gasteiger partial charge on any atom is -0.493 e. The molecule has 0 aliphatic carbocycles. The summed E-state index contributed by atoms with van der Waals surface area (Å²) >= 11 is 0. The van der Waals surface area contributed by atoms with Gasteiger partial charge < -0.3 is 18.9 Å². The SMILES string of the molecule is CCCCOc1ccc(C)c([C@H](OC(C)(C)C)C(=O)OC)c1-c1ccc2c(c1C)CCCO2. The first-order chi connectivity index (χ1) is 15.7. The molecule has 3 rings (SSSR count). The highest BCUT2D eigenvalue weighted by atomic mass is 16.6. The molecule has 180 valence electrons. The third-order valence-corrected chi connectivity index (χ3v) is 5.98. The minimum atomic E-state index is -0.869. The Morgan fingerprint density at radius 2 is 1.91 bits per heavy atom. The van der Waals surface area contributed by atoms with Gasteiger partial charge in [-0.05, 0) is 88.3 Å². The molecule has 33 heavy (non-hydrogen) atoms. The lowest BCUT2D eigenvalue weighted by Crippen LogP contribution is -2.29. The average molecular weight is 455 g/mol. The quantitative estimate of drug-likeness (QED) is 0.336. The number of ether oxygens (including phenoxy) is 4. The molecule has 0 fully saturated rings. The number of esters is 1. The van der Waals surface area contributed by atoms with Gasteiger partial charge >= 0.3 is 5.97 Å². The van der Waals surface area contributed by atoms with E-state index in [9.17, 15) is 4.79 Å². The second-order valence-corrected chi connectivity index (χ2v) is 9.67. The molecule has 0 radical (unpaired) electrons. The van der Waals surface area contributed by atoms with Gasteiger partial charge in [-0.1, -0.05) is 25.5 Å². The van der Waals surface area contributed by atoms with Gasteiger partial charge in [0, 0.05) is 11.1 Å². The molecule has 0 spiro atoms. The van der Waals surface area contributed by atoms with Gasteiger partial charge in [-0.3, -0.25) is 0 Å². The number of carbonyl (C=O) groups excluding carboxylic acids is 1. The predicted molar refractivity (Wildman–Crippen MR) is 131 cm³/mol. The molecule has 1 aliphatic heterocycles. The molecule has 0 saturated heterocycles. The Morgan fingerprint density at radius 1 is 1.15 bits per heavy atom. The number of rotatable bonds is 8. The van der Waals surface area contributed by atoms with Crippen molar-refractivity contribution in [3.05, 3.63) is 46.5 Å². The van der Waals surface area contributed by atoms with E-state index in [2.05, 4.69) is 19.9 Å². The Kier molecular flexibility index (Phi) is 8.06. The first-order valence-corrected chi connectivity index (χ1v) is 12.0. The third kappa shape index (κ3) is 5.70. The average Bonchev–Trinajstić information content (AvgIpc) is 2.78. The summed E-state index contributed by atoms with van der Waals surface area (Å²) in [7, 11) is 1.40. The zero-order valence-electron chi connectivity index (χ0n) is 21.2. The van der Waals surface area contributed by atoms with Crippen LogP contribution in [-0.4, -0.2) is 31.9 Å². The summed E-state index contributed by atoms with van der Waals surface area (Å²) in [5.41, 5.74) is 5.52. The van der Waals surface area contributed by atoms with Gasteiger partial charge in [-0.2, -0.15) is 0 Å². The fourth-order valence-electron chi connectivity index (χ4n) is 4.33. The molecule has 0 saturated carbocycles. The molecule has 0 amide bonds. The molecule has 1 atom stereocenters. The monoisotopic (exact) mass is 454 g/mol. The van der Waals surface area contributed by atoms with Gasteiger partial charge in [0.25, 0.3) is 0 Å². The maximum atomic E-state index is 13.0. The van der Waals surface area contributed by atoms with Gasteiger partial charge in [0.05, 0.1) is 25.9 Å². The van der Waals surface area contributed by atoms with E-state index in [-0.39, 0.29) is 0 Å². The molecular formula is C28H38O5. The van der Waals surface area contributed by atoms with Crippen molar-refractivity contribution in [3.8, 4) is 22.6 Å². The topological polar surface area (TPSA) is 54.0 Å². The van der Waals surface area contributed by atoms with Crippen LogP contribution in [0.5, 0.6) is 11.5 Å². The van der Waals surface area contributed by atoms with Crippen molar-refractivity contribution in [2.24, 2.45) is 0 Å². The zero-order valence-corrected chi connectivity index (χ0v) is 21.2. The summed E-state index contributed by atoms with van der Waals surface area (Å²) in [6.45, 7) is 13.5. The number of unbranched alkanes of at least 4 members (excludes halogenated alkanes) is 1. The first-order valence-electron chi connectivity index (χ1n) is 12.0. The molecule has 2 aromatic rings. The molecule has 0 bridgehead atoms. The van der Waals surface area contributed by atoms with E-state index in [0.29, 0.717) is 6.61 Å². The Morgan fingerprint density at radius 3 is 2.58 bits per heavy atom. The molecule has 0 aromatic heterocycles. The van der Waals surface area contributed by atoms with Crippen molar-refractivity contribution in [1.82, 2.24) is 0 Å². The van der Waals surface area contributed by atoms with Gasteiger partial charge in [0.2, 0.25) is 0 Å². The van der Waals surface area contributed by atoms with Crippen molar-refractivity contribution in [1.29, 1.82) is 0 Å². The van der Waals surface area contributed by atoms with E-state index < -0.39 is 17.7 Å². The second-order valence-electron chi connectivity index (χ2n) is 9.67. The van der Waals surface area contributed by atoms with Crippen molar-refractivity contribution in [2.45, 2.75) is 78.9 Å². The summed E-state index contributed by atoms with van der Waals surface area (Å²) in [5.74, 6) is 1.29. The van der Waals surface area contributed by atoms with Crippen LogP contribution in [0.2, 0.25) is 0 Å². The van der Waals surface area contributed by atoms with E-state index in [1.807, 2.05) is 45.9 Å². The summed E-state index contributed by atoms with van der Waals surface area (Å²) in [6.07, 6.45) is 3.10. The summed E-state index contributed by atoms with van der Waals surface area (Å²) in [6, 6.07) is 8.12. The minimum absolute atomic E-state index is 0.418. The highest BCUT2D eigenvalue weighted by molar-refractivity contribution is 5.86. The third-order valence-electron chi connectivity index (χ3n) is 5.98. The Labute approximate surface area is 198 Å². The normalized spacial score (nSPS) is 14.3. The Balaban J connectivity index is 2.27. The zero-order chi connectivity index (χ0) is 24.2. The number of carbonyl (C=O) groups is 1. The second kappa shape index (κ2) is 10.6. The van der Waals surface area contributed by atoms with Crippen LogP contribution in [0.4, 0.5) is 0 Å². The number of hydrogen-bond donors (Lipinski definition) is 0. The van der Waals surface area contributed by atoms with Gasteiger partial charge in [-0.15, -0.1) is 0 Å². The van der Waals surface area contributed by atoms with E-state index in [4.69, 9.17) is 18.9 Å². The number of fused-ring (bicyclic) bond motifs is 1. The van der Waals surface area contributed by atoms with Crippen LogP contribution >= 0.6 is 0 Å². The lowest BCUT2D eigenvalue weighted by atomic mass is 9.86. The lowest BCUT2D eigenvalue weighted by molar-refractivity contribution is -0.164. The molecule has 5 heteroatoms. The summed E-state index contributed by atoms with van der Waals surface area (Å²) in [4.78, 5) is 13.0. The number of methoxy groups -OCH3 is 1. The van der Waals surface area contributed by atoms with Crippen LogP contribution in [0.25, 0.3) is 11.1 Å². The van der Waals surface area contributed by atoms with Crippen LogP contribution in [0.15, 0.2) is 24.3 Å². The number of aryl methyl sites for hydroxylation is 1. The number of hydrogen-bond acceptors (Lipinski definition) is 5. The van der Waals surface area contributed by atoms with Gasteiger partial charge in [0.1, 0.15) is 11.5 Å². The van der Waals surface area contributed by atoms with Crippen LogP contribution < -0.4 is 9.47 Å². The van der Waals surface area contributed by atoms with E-state index >= 15 is 0 Å². The highest BCUT2D eigenvalue weighted by Crippen LogP contribution is 2.45. The molecule has 1 aliphatic rings. The first kappa shape index (κ1) is 25.1. The Bertz CT molecular complexity index is 987. The van der Waals surface area contributed by atoms with Crippen LogP contribution in [0.1, 0.15) is 75.3 Å². The molecule has 1 heterocycles. The Hall–Kier alpha value is -2.53. The van der Waals surface area contributed by atoms with Crippen molar-refractivity contribution in [3.63, 3.8) is 0 Å². The van der Waals surface area contributed by atoms with Crippen molar-refractivity contribution >= 4 is 5.97 Å². The van der Waals surface area contributed by atoms with Crippen molar-refractivity contribution in [2.75, 3.05) is 20.3 Å². The van der Waals surface area contributed by atoms with Crippen LogP contribution in [0, 0.1) is 13.8 Å². The molecule has 0 unspecified atom stereocenters. The molecular weight excluding hydrogens is 416 g/mol. The fraction of sp³-hybridized carbons (Fsp3) is 0.536. The molecule has 2 aromatic carbocycles. The molecule has 0 N–H and O–H groups in total. The van der Waals surface area contributed by atoms with Crippen molar-refractivity contribution < 1.29 is 23.7 Å². The molecule has 5 nitrogen and oxygen atoms in total. The highest BCUT2D eigenvalue weighted by Gasteiger charge is 2.33. The maximum Gasteiger partial charge on any atom is 0.339 e. The predicted octanol–water partition coefficient (Wildman–Crippen LogP) is 6.50. The van der Waals surface area contributed by atoms with Crippen LogP contribution in [-0.2, 0) is 20.7 Å². The van der Waals surface area contributed by atoms with Gasteiger partial charge in [-0.25, -0.2) is 4.79 Å². The largest absolute Gasteiger partial charge is 0.493 e. The summed E-state index contributed by atoms with van der Waals surface area (Å²) in [5, 5.41) is 0. The lowest BCUT2D eigenvalue weighted by Gasteiger charge is -2.30. The standard InChI is InChI=1S/C28H38O5/c1-8-9-16-32-23-14-12-18(2)24(26(27(29)30-7)33-28(4,5)6)25(23)21-13-15-22-20(19(21)3)11-10-17-31-22/h12-15,26H,8-11,16-17H2,1-7H3/t26-/m0/s1. The smallest absolute Gasteiger partial charge is 0.339 e.